The molecular weight excluding hydrogens is 283 g/mol. The third-order valence-electron chi connectivity index (χ3n) is 3.24. The number of hydrogen-bond donors (Lipinski definition) is 1. The van der Waals surface area contributed by atoms with Crippen LogP contribution in [0.2, 0.25) is 0 Å². The van der Waals surface area contributed by atoms with Gasteiger partial charge in [0.05, 0.1) is 0 Å². The molecule has 118 valence electrons. The number of benzene rings is 1. The minimum Gasteiger partial charge on any atom is -0.406 e. The quantitative estimate of drug-likeness (QED) is 0.777. The summed E-state index contributed by atoms with van der Waals surface area (Å²) in [4.78, 5) is 12.0. The lowest BCUT2D eigenvalue weighted by Gasteiger charge is -2.23. The normalized spacial score (nSPS) is 12.3. The van der Waals surface area contributed by atoms with E-state index in [1.165, 1.54) is 18.2 Å². The van der Waals surface area contributed by atoms with E-state index in [0.717, 1.165) is 12.5 Å². The van der Waals surface area contributed by atoms with E-state index in [9.17, 15) is 18.0 Å². The minimum absolute atomic E-state index is 0.0650. The SMILES string of the molecule is CC(C)(CCN)CCC(=O)c1cccc(OC(F)(F)F)c1. The largest absolute Gasteiger partial charge is 0.573 e. The minimum atomic E-state index is -4.76. The number of halogens is 3. The molecule has 0 amide bonds. The zero-order valence-electron chi connectivity index (χ0n) is 12.2. The molecule has 2 N–H and O–H groups in total. The van der Waals surface area contributed by atoms with Crippen LogP contribution >= 0.6 is 0 Å². The van der Waals surface area contributed by atoms with Crippen LogP contribution in [-0.4, -0.2) is 18.7 Å². The van der Waals surface area contributed by atoms with Gasteiger partial charge in [-0.15, -0.1) is 13.2 Å². The van der Waals surface area contributed by atoms with E-state index in [1.807, 2.05) is 13.8 Å². The van der Waals surface area contributed by atoms with Crippen LogP contribution in [0, 0.1) is 5.41 Å². The third kappa shape index (κ3) is 6.62. The highest BCUT2D eigenvalue weighted by Crippen LogP contribution is 2.28. The molecule has 0 fully saturated rings. The number of hydrogen-bond acceptors (Lipinski definition) is 3. The van der Waals surface area contributed by atoms with Crippen molar-refractivity contribution in [1.29, 1.82) is 0 Å². The van der Waals surface area contributed by atoms with Gasteiger partial charge in [0.1, 0.15) is 5.75 Å². The molecular formula is C15H20F3NO2. The Morgan fingerprint density at radius 3 is 2.48 bits per heavy atom. The van der Waals surface area contributed by atoms with Crippen molar-refractivity contribution >= 4 is 5.78 Å². The van der Waals surface area contributed by atoms with Crippen molar-refractivity contribution in [3.63, 3.8) is 0 Å². The van der Waals surface area contributed by atoms with E-state index in [0.29, 0.717) is 13.0 Å². The summed E-state index contributed by atoms with van der Waals surface area (Å²) in [5.41, 5.74) is 5.66. The molecule has 0 bridgehead atoms. The van der Waals surface area contributed by atoms with Crippen LogP contribution < -0.4 is 10.5 Å². The molecule has 0 saturated heterocycles. The Balaban J connectivity index is 2.69. The maximum absolute atomic E-state index is 12.1. The van der Waals surface area contributed by atoms with Crippen LogP contribution in [-0.2, 0) is 0 Å². The number of Topliss-reactive ketones (excluding diaryl/α,β-unsaturated/α-hetero) is 1. The zero-order chi connectivity index (χ0) is 16.1. The number of rotatable bonds is 7. The Labute approximate surface area is 122 Å². The van der Waals surface area contributed by atoms with Gasteiger partial charge in [0.15, 0.2) is 5.78 Å². The van der Waals surface area contributed by atoms with Gasteiger partial charge >= 0.3 is 6.36 Å². The fraction of sp³-hybridized carbons (Fsp3) is 0.533. The molecule has 0 spiro atoms. The number of carbonyl (C=O) groups is 1. The van der Waals surface area contributed by atoms with Gasteiger partial charge in [-0.25, -0.2) is 0 Å². The van der Waals surface area contributed by atoms with Crippen LogP contribution in [0.4, 0.5) is 13.2 Å². The standard InChI is InChI=1S/C15H20F3NO2/c1-14(2,8-9-19)7-6-13(20)11-4-3-5-12(10-11)21-15(16,17)18/h3-5,10H,6-9,19H2,1-2H3. The molecule has 3 nitrogen and oxygen atoms in total. The second-order valence-electron chi connectivity index (χ2n) is 5.70. The van der Waals surface area contributed by atoms with Crippen LogP contribution in [0.5, 0.6) is 5.75 Å². The van der Waals surface area contributed by atoms with E-state index in [1.54, 1.807) is 0 Å². The molecule has 0 atom stereocenters. The number of alkyl halides is 3. The highest BCUT2D eigenvalue weighted by Gasteiger charge is 2.31. The van der Waals surface area contributed by atoms with Crippen LogP contribution in [0.25, 0.3) is 0 Å². The predicted octanol–water partition coefficient (Wildman–Crippen LogP) is 3.92. The second kappa shape index (κ2) is 6.93. The lowest BCUT2D eigenvalue weighted by molar-refractivity contribution is -0.274. The fourth-order valence-electron chi connectivity index (χ4n) is 1.98. The first-order valence-corrected chi connectivity index (χ1v) is 6.72. The second-order valence-corrected chi connectivity index (χ2v) is 5.70. The van der Waals surface area contributed by atoms with E-state index >= 15 is 0 Å². The summed E-state index contributed by atoms with van der Waals surface area (Å²) in [5, 5.41) is 0. The molecule has 21 heavy (non-hydrogen) atoms. The molecule has 0 aliphatic heterocycles. The average molecular weight is 303 g/mol. The summed E-state index contributed by atoms with van der Waals surface area (Å²) in [6, 6.07) is 5.15. The predicted molar refractivity (Wildman–Crippen MR) is 74.1 cm³/mol. The highest BCUT2D eigenvalue weighted by molar-refractivity contribution is 5.96. The van der Waals surface area contributed by atoms with Gasteiger partial charge in [0.2, 0.25) is 0 Å². The summed E-state index contributed by atoms with van der Waals surface area (Å²) in [5.74, 6) is -0.581. The summed E-state index contributed by atoms with van der Waals surface area (Å²) in [6.07, 6.45) is -3.07. The van der Waals surface area contributed by atoms with Crippen molar-refractivity contribution in [3.8, 4) is 5.75 Å². The van der Waals surface area contributed by atoms with Gasteiger partial charge in [-0.05, 0) is 36.9 Å². The molecule has 0 unspecified atom stereocenters. The zero-order valence-corrected chi connectivity index (χ0v) is 12.2. The molecule has 1 aromatic rings. The Morgan fingerprint density at radius 1 is 1.24 bits per heavy atom. The molecule has 0 aliphatic rings. The lowest BCUT2D eigenvalue weighted by atomic mass is 9.83. The highest BCUT2D eigenvalue weighted by atomic mass is 19.4. The van der Waals surface area contributed by atoms with E-state index < -0.39 is 6.36 Å². The Kier molecular flexibility index (Phi) is 5.78. The van der Waals surface area contributed by atoms with E-state index in [-0.39, 0.29) is 28.9 Å². The number of ether oxygens (including phenoxy) is 1. The number of nitrogens with two attached hydrogens (primary N) is 1. The third-order valence-corrected chi connectivity index (χ3v) is 3.24. The van der Waals surface area contributed by atoms with Crippen molar-refractivity contribution in [2.24, 2.45) is 11.1 Å². The monoisotopic (exact) mass is 303 g/mol. The van der Waals surface area contributed by atoms with Crippen molar-refractivity contribution in [1.82, 2.24) is 0 Å². The molecule has 0 aliphatic carbocycles. The van der Waals surface area contributed by atoms with Gasteiger partial charge in [-0.2, -0.15) is 0 Å². The topological polar surface area (TPSA) is 52.3 Å². The summed E-state index contributed by atoms with van der Waals surface area (Å²) in [6.45, 7) is 4.56. The first-order chi connectivity index (χ1) is 9.63. The van der Waals surface area contributed by atoms with Crippen LogP contribution in [0.3, 0.4) is 0 Å². The van der Waals surface area contributed by atoms with Gasteiger partial charge in [0, 0.05) is 12.0 Å². The molecule has 0 saturated carbocycles. The number of carbonyl (C=O) groups excluding carboxylic acids is 1. The van der Waals surface area contributed by atoms with Crippen molar-refractivity contribution in [3.05, 3.63) is 29.8 Å². The van der Waals surface area contributed by atoms with E-state index in [4.69, 9.17) is 5.73 Å². The van der Waals surface area contributed by atoms with E-state index in [2.05, 4.69) is 4.74 Å². The Bertz CT molecular complexity index is 484. The molecule has 1 rings (SSSR count). The Hall–Kier alpha value is -1.56. The fourth-order valence-corrected chi connectivity index (χ4v) is 1.98. The smallest absolute Gasteiger partial charge is 0.406 e. The van der Waals surface area contributed by atoms with Crippen molar-refractivity contribution < 1.29 is 22.7 Å². The molecule has 0 aromatic heterocycles. The molecule has 1 aromatic carbocycles. The van der Waals surface area contributed by atoms with Crippen LogP contribution in [0.1, 0.15) is 43.5 Å². The molecule has 6 heteroatoms. The van der Waals surface area contributed by atoms with Crippen molar-refractivity contribution in [2.45, 2.75) is 39.5 Å². The van der Waals surface area contributed by atoms with Gasteiger partial charge < -0.3 is 10.5 Å². The van der Waals surface area contributed by atoms with Crippen LogP contribution in [0.15, 0.2) is 24.3 Å². The number of ketones is 1. The maximum atomic E-state index is 12.1. The molecule has 0 radical (unpaired) electrons. The van der Waals surface area contributed by atoms with Gasteiger partial charge in [0.25, 0.3) is 0 Å². The van der Waals surface area contributed by atoms with Crippen molar-refractivity contribution in [2.75, 3.05) is 6.54 Å². The first-order valence-electron chi connectivity index (χ1n) is 6.72. The maximum Gasteiger partial charge on any atom is 0.573 e. The van der Waals surface area contributed by atoms with Gasteiger partial charge in [-0.1, -0.05) is 26.0 Å². The summed E-state index contributed by atoms with van der Waals surface area (Å²) < 4.78 is 40.2. The summed E-state index contributed by atoms with van der Waals surface area (Å²) >= 11 is 0. The molecule has 0 heterocycles. The van der Waals surface area contributed by atoms with Gasteiger partial charge in [-0.3, -0.25) is 4.79 Å². The summed E-state index contributed by atoms with van der Waals surface area (Å²) in [7, 11) is 0. The lowest BCUT2D eigenvalue weighted by Crippen LogP contribution is -2.19. The average Bonchev–Trinajstić information content (AvgIpc) is 2.34. The Morgan fingerprint density at radius 2 is 1.90 bits per heavy atom. The first kappa shape index (κ1) is 17.5.